The third kappa shape index (κ3) is 4.61. The third-order valence-corrected chi connectivity index (χ3v) is 3.31. The molecule has 25 heavy (non-hydrogen) atoms. The van der Waals surface area contributed by atoms with Gasteiger partial charge in [0.25, 0.3) is 11.6 Å². The highest BCUT2D eigenvalue weighted by Gasteiger charge is 2.81. The number of aliphatic hydroxyl groups is 1. The summed E-state index contributed by atoms with van der Waals surface area (Å²) in [7, 11) is 0. The van der Waals surface area contributed by atoms with Gasteiger partial charge in [0.2, 0.25) is 0 Å². The van der Waals surface area contributed by atoms with Crippen LogP contribution >= 0.6 is 0 Å². The Labute approximate surface area is 131 Å². The predicted molar refractivity (Wildman–Crippen MR) is 56.3 cm³/mol. The standard InChI is InChI=1S/C11H11F13O/c12-6(9(16,17)18,8(14,15)3-1-2-4-25)5-7(13,10(19,20)21)11(22,23)24/h25H,1-5H2. The van der Waals surface area contributed by atoms with E-state index in [1.54, 1.807) is 0 Å². The van der Waals surface area contributed by atoms with Gasteiger partial charge >= 0.3 is 24.2 Å². The fourth-order valence-electron chi connectivity index (χ4n) is 1.79. The molecule has 0 aromatic heterocycles. The van der Waals surface area contributed by atoms with E-state index < -0.39 is 68.1 Å². The van der Waals surface area contributed by atoms with Crippen LogP contribution in [0.5, 0.6) is 0 Å². The molecule has 0 fully saturated rings. The second-order valence-electron chi connectivity index (χ2n) is 5.16. The molecular formula is C11H11F13O. The molecule has 0 saturated heterocycles. The van der Waals surface area contributed by atoms with Crippen molar-refractivity contribution in [2.75, 3.05) is 6.61 Å². The van der Waals surface area contributed by atoms with Crippen LogP contribution < -0.4 is 0 Å². The van der Waals surface area contributed by atoms with Crippen LogP contribution in [0.1, 0.15) is 25.7 Å². The van der Waals surface area contributed by atoms with Crippen molar-refractivity contribution in [3.8, 4) is 0 Å². The summed E-state index contributed by atoms with van der Waals surface area (Å²) in [4.78, 5) is 0. The van der Waals surface area contributed by atoms with Gasteiger partial charge in [-0.2, -0.15) is 39.5 Å². The number of unbranched alkanes of at least 4 members (excludes halogenated alkanes) is 1. The van der Waals surface area contributed by atoms with E-state index in [0.29, 0.717) is 0 Å². The first-order valence-electron chi connectivity index (χ1n) is 6.33. The van der Waals surface area contributed by atoms with Crippen molar-refractivity contribution in [1.82, 2.24) is 0 Å². The Morgan fingerprint density at radius 2 is 0.880 bits per heavy atom. The van der Waals surface area contributed by atoms with E-state index >= 15 is 0 Å². The monoisotopic (exact) mass is 406 g/mol. The van der Waals surface area contributed by atoms with Crippen LogP contribution in [-0.2, 0) is 0 Å². The predicted octanol–water partition coefficient (Wildman–Crippen LogP) is 5.28. The fraction of sp³-hybridized carbons (Fsp3) is 1.00. The number of rotatable bonds is 7. The van der Waals surface area contributed by atoms with E-state index in [0.717, 1.165) is 0 Å². The summed E-state index contributed by atoms with van der Waals surface area (Å²) in [6.07, 6.45) is -29.3. The smallest absolute Gasteiger partial charge is 0.396 e. The number of aliphatic hydroxyl groups excluding tert-OH is 1. The minimum Gasteiger partial charge on any atom is -0.396 e. The molecule has 1 atom stereocenters. The van der Waals surface area contributed by atoms with Gasteiger partial charge in [-0.15, -0.1) is 0 Å². The summed E-state index contributed by atoms with van der Waals surface area (Å²) in [5, 5.41) is 8.31. The summed E-state index contributed by atoms with van der Waals surface area (Å²) < 4.78 is 166. The maximum absolute atomic E-state index is 13.9. The van der Waals surface area contributed by atoms with E-state index in [2.05, 4.69) is 0 Å². The van der Waals surface area contributed by atoms with E-state index in [1.165, 1.54) is 0 Å². The molecule has 0 heterocycles. The number of hydrogen-bond acceptors (Lipinski definition) is 1. The van der Waals surface area contributed by atoms with Gasteiger partial charge in [-0.25, -0.2) is 17.6 Å². The van der Waals surface area contributed by atoms with E-state index in [9.17, 15) is 57.1 Å². The quantitative estimate of drug-likeness (QED) is 0.451. The lowest BCUT2D eigenvalue weighted by molar-refractivity contribution is -0.378. The molecule has 0 aromatic rings. The molecule has 1 nitrogen and oxygen atoms in total. The van der Waals surface area contributed by atoms with E-state index in [1.807, 2.05) is 0 Å². The summed E-state index contributed by atoms with van der Waals surface area (Å²) in [6.45, 7) is -0.862. The number of alkyl halides is 13. The molecule has 0 bridgehead atoms. The Morgan fingerprint density at radius 1 is 0.520 bits per heavy atom. The molecular weight excluding hydrogens is 395 g/mol. The lowest BCUT2D eigenvalue weighted by Gasteiger charge is -2.40. The summed E-state index contributed by atoms with van der Waals surface area (Å²) in [5.41, 5.74) is -13.3. The zero-order chi connectivity index (χ0) is 20.5. The second kappa shape index (κ2) is 6.99. The van der Waals surface area contributed by atoms with Crippen LogP contribution in [0.15, 0.2) is 0 Å². The molecule has 0 rings (SSSR count). The maximum Gasteiger partial charge on any atom is 0.431 e. The molecule has 0 amide bonds. The Morgan fingerprint density at radius 3 is 1.16 bits per heavy atom. The topological polar surface area (TPSA) is 20.2 Å². The molecule has 14 heteroatoms. The van der Waals surface area contributed by atoms with Gasteiger partial charge in [0, 0.05) is 19.4 Å². The van der Waals surface area contributed by atoms with Gasteiger partial charge in [-0.05, 0) is 12.8 Å². The molecule has 0 saturated carbocycles. The first kappa shape index (κ1) is 24.1. The lowest BCUT2D eigenvalue weighted by atomic mass is 9.81. The molecule has 1 unspecified atom stereocenters. The maximum atomic E-state index is 13.9. The first-order valence-corrected chi connectivity index (χ1v) is 6.33. The average molecular weight is 406 g/mol. The van der Waals surface area contributed by atoms with Crippen molar-refractivity contribution >= 4 is 0 Å². The normalized spacial score (nSPS) is 17.5. The van der Waals surface area contributed by atoms with Crippen LogP contribution in [0.3, 0.4) is 0 Å². The second-order valence-corrected chi connectivity index (χ2v) is 5.16. The van der Waals surface area contributed by atoms with E-state index in [-0.39, 0.29) is 0 Å². The Hall–Kier alpha value is -0.950. The molecule has 0 aromatic carbocycles. The third-order valence-electron chi connectivity index (χ3n) is 3.31. The van der Waals surface area contributed by atoms with Gasteiger partial charge in [0.05, 0.1) is 0 Å². The van der Waals surface area contributed by atoms with Crippen LogP contribution in [0.2, 0.25) is 0 Å². The van der Waals surface area contributed by atoms with Crippen LogP contribution in [0, 0.1) is 0 Å². The van der Waals surface area contributed by atoms with Gasteiger partial charge < -0.3 is 5.11 Å². The highest BCUT2D eigenvalue weighted by atomic mass is 19.4. The zero-order valence-corrected chi connectivity index (χ0v) is 11.9. The largest absolute Gasteiger partial charge is 0.431 e. The zero-order valence-electron chi connectivity index (χ0n) is 11.9. The average Bonchev–Trinajstić information content (AvgIpc) is 2.34. The minimum atomic E-state index is -7.13. The number of hydrogen-bond donors (Lipinski definition) is 1. The van der Waals surface area contributed by atoms with Crippen LogP contribution in [-0.4, -0.2) is 47.5 Å². The molecule has 0 spiro atoms. The van der Waals surface area contributed by atoms with Crippen LogP contribution in [0.25, 0.3) is 0 Å². The van der Waals surface area contributed by atoms with Crippen molar-refractivity contribution in [1.29, 1.82) is 0 Å². The molecule has 0 radical (unpaired) electrons. The van der Waals surface area contributed by atoms with Gasteiger partial charge in [0.15, 0.2) is 0 Å². The fourth-order valence-corrected chi connectivity index (χ4v) is 1.79. The summed E-state index contributed by atoms with van der Waals surface area (Å²) >= 11 is 0. The molecule has 1 N–H and O–H groups in total. The molecule has 0 aliphatic heterocycles. The van der Waals surface area contributed by atoms with Crippen molar-refractivity contribution in [3.05, 3.63) is 0 Å². The SMILES string of the molecule is OCCCCC(F)(F)C(F)(CC(F)(C(F)(F)F)C(F)(F)F)C(F)(F)F. The molecule has 0 aliphatic carbocycles. The van der Waals surface area contributed by atoms with Crippen molar-refractivity contribution in [2.24, 2.45) is 0 Å². The lowest BCUT2D eigenvalue weighted by Crippen LogP contribution is -2.64. The van der Waals surface area contributed by atoms with Crippen molar-refractivity contribution < 1.29 is 62.2 Å². The van der Waals surface area contributed by atoms with Crippen molar-refractivity contribution in [3.63, 3.8) is 0 Å². The number of halogens is 13. The molecule has 0 aliphatic rings. The Kier molecular flexibility index (Phi) is 6.72. The highest BCUT2D eigenvalue weighted by molar-refractivity contribution is 5.09. The summed E-state index contributed by atoms with van der Waals surface area (Å²) in [6, 6.07) is 0. The summed E-state index contributed by atoms with van der Waals surface area (Å²) in [5.74, 6) is -5.81. The van der Waals surface area contributed by atoms with Gasteiger partial charge in [0.1, 0.15) is 0 Å². The minimum absolute atomic E-state index is 0.636. The Balaban J connectivity index is 6.14. The van der Waals surface area contributed by atoms with Crippen molar-refractivity contribution in [2.45, 2.75) is 61.5 Å². The van der Waals surface area contributed by atoms with Gasteiger partial charge in [-0.3, -0.25) is 0 Å². The van der Waals surface area contributed by atoms with Gasteiger partial charge in [-0.1, -0.05) is 0 Å². The Bertz CT molecular complexity index is 421. The molecule has 152 valence electrons. The van der Waals surface area contributed by atoms with Crippen LogP contribution in [0.4, 0.5) is 57.1 Å². The van der Waals surface area contributed by atoms with E-state index in [4.69, 9.17) is 5.11 Å². The highest BCUT2D eigenvalue weighted by Crippen LogP contribution is 2.58. The first-order chi connectivity index (χ1) is 10.8.